The summed E-state index contributed by atoms with van der Waals surface area (Å²) in [7, 11) is 0. The van der Waals surface area contributed by atoms with E-state index in [1.165, 1.54) is 0 Å². The Labute approximate surface area is 80.9 Å². The Morgan fingerprint density at radius 2 is 2.33 bits per heavy atom. The molecule has 64 valence electrons. The number of nitrogens with zero attached hydrogens (tertiary/aromatic N) is 1. The van der Waals surface area contributed by atoms with E-state index < -0.39 is 0 Å². The van der Waals surface area contributed by atoms with Crippen molar-refractivity contribution in [3.63, 3.8) is 0 Å². The normalized spacial score (nSPS) is 9.75. The fraction of sp³-hybridized carbons (Fsp3) is 0.125. The standard InChI is InChI=1S/C8H6ClNO.ClH/c9-4-6-5-11-8-7(6)2-1-3-10-8;/h1-3,5H,4H2;1H. The van der Waals surface area contributed by atoms with Gasteiger partial charge >= 0.3 is 0 Å². The molecule has 0 aliphatic heterocycles. The van der Waals surface area contributed by atoms with Crippen molar-refractivity contribution in [2.75, 3.05) is 0 Å². The van der Waals surface area contributed by atoms with Gasteiger partial charge in [0.25, 0.3) is 0 Å². The molecule has 0 saturated heterocycles. The Balaban J connectivity index is 0.000000720. The third kappa shape index (κ3) is 1.40. The zero-order chi connectivity index (χ0) is 7.68. The molecule has 0 bridgehead atoms. The lowest BCUT2D eigenvalue weighted by molar-refractivity contribution is 0.600. The number of hydrogen-bond acceptors (Lipinski definition) is 2. The highest BCUT2D eigenvalue weighted by atomic mass is 35.5. The first kappa shape index (κ1) is 9.36. The van der Waals surface area contributed by atoms with Crippen LogP contribution in [0, 0.1) is 0 Å². The number of rotatable bonds is 1. The molecule has 12 heavy (non-hydrogen) atoms. The summed E-state index contributed by atoms with van der Waals surface area (Å²) >= 11 is 5.66. The fourth-order valence-electron chi connectivity index (χ4n) is 1.02. The minimum absolute atomic E-state index is 0. The van der Waals surface area contributed by atoms with Crippen LogP contribution in [0.4, 0.5) is 0 Å². The first-order valence-corrected chi connectivity index (χ1v) is 3.82. The molecule has 0 spiro atoms. The average Bonchev–Trinajstić information content (AvgIpc) is 2.47. The molecule has 0 fully saturated rings. The first-order valence-electron chi connectivity index (χ1n) is 3.29. The van der Waals surface area contributed by atoms with E-state index in [1.54, 1.807) is 12.5 Å². The number of furan rings is 1. The predicted octanol–water partition coefficient (Wildman–Crippen LogP) is 2.99. The maximum absolute atomic E-state index is 5.66. The summed E-state index contributed by atoms with van der Waals surface area (Å²) < 4.78 is 5.14. The maximum Gasteiger partial charge on any atom is 0.226 e. The second-order valence-electron chi connectivity index (χ2n) is 2.25. The molecule has 2 aromatic heterocycles. The van der Waals surface area contributed by atoms with Gasteiger partial charge in [0.05, 0.1) is 12.1 Å². The van der Waals surface area contributed by atoms with Crippen LogP contribution in [-0.2, 0) is 5.88 Å². The van der Waals surface area contributed by atoms with Gasteiger partial charge in [0, 0.05) is 17.1 Å². The summed E-state index contributed by atoms with van der Waals surface area (Å²) in [6, 6.07) is 3.82. The number of aromatic nitrogens is 1. The van der Waals surface area contributed by atoms with Gasteiger partial charge in [-0.05, 0) is 12.1 Å². The van der Waals surface area contributed by atoms with E-state index in [1.807, 2.05) is 12.1 Å². The molecular weight excluding hydrogens is 197 g/mol. The quantitative estimate of drug-likeness (QED) is 0.667. The molecular formula is C8H7Cl2NO. The molecule has 0 unspecified atom stereocenters. The van der Waals surface area contributed by atoms with Crippen LogP contribution in [-0.4, -0.2) is 4.98 Å². The van der Waals surface area contributed by atoms with Gasteiger partial charge in [-0.2, -0.15) is 0 Å². The summed E-state index contributed by atoms with van der Waals surface area (Å²) in [5.74, 6) is 0.471. The molecule has 2 heterocycles. The molecule has 0 saturated carbocycles. The number of halogens is 2. The maximum atomic E-state index is 5.66. The number of pyridine rings is 1. The molecule has 2 rings (SSSR count). The van der Waals surface area contributed by atoms with Gasteiger partial charge in [-0.3, -0.25) is 0 Å². The van der Waals surface area contributed by atoms with Gasteiger partial charge in [-0.15, -0.1) is 24.0 Å². The number of fused-ring (bicyclic) bond motifs is 1. The van der Waals surface area contributed by atoms with E-state index in [9.17, 15) is 0 Å². The predicted molar refractivity (Wildman–Crippen MR) is 50.8 cm³/mol. The molecule has 0 amide bonds. The van der Waals surface area contributed by atoms with Crippen LogP contribution in [0.25, 0.3) is 11.1 Å². The van der Waals surface area contributed by atoms with Gasteiger partial charge < -0.3 is 4.42 Å². The lowest BCUT2D eigenvalue weighted by atomic mass is 10.2. The molecule has 2 aromatic rings. The van der Waals surface area contributed by atoms with Crippen LogP contribution < -0.4 is 0 Å². The lowest BCUT2D eigenvalue weighted by Crippen LogP contribution is -1.73. The van der Waals surface area contributed by atoms with Crippen LogP contribution in [0.2, 0.25) is 0 Å². The van der Waals surface area contributed by atoms with E-state index in [4.69, 9.17) is 16.0 Å². The first-order chi connectivity index (χ1) is 5.42. The molecule has 0 atom stereocenters. The highest BCUT2D eigenvalue weighted by molar-refractivity contribution is 6.17. The minimum atomic E-state index is 0. The lowest BCUT2D eigenvalue weighted by Gasteiger charge is -1.86. The molecule has 0 aliphatic carbocycles. The number of alkyl halides is 1. The van der Waals surface area contributed by atoms with Crippen molar-refractivity contribution in [2.24, 2.45) is 0 Å². The second-order valence-corrected chi connectivity index (χ2v) is 2.52. The Bertz CT molecular complexity index is 372. The zero-order valence-corrected chi connectivity index (χ0v) is 7.73. The van der Waals surface area contributed by atoms with E-state index in [2.05, 4.69) is 4.98 Å². The van der Waals surface area contributed by atoms with Crippen LogP contribution in [0.5, 0.6) is 0 Å². The van der Waals surface area contributed by atoms with Gasteiger partial charge in [-0.1, -0.05) is 0 Å². The third-order valence-electron chi connectivity index (χ3n) is 1.57. The van der Waals surface area contributed by atoms with Crippen molar-refractivity contribution in [1.29, 1.82) is 0 Å². The average molecular weight is 204 g/mol. The number of hydrogen-bond donors (Lipinski definition) is 0. The third-order valence-corrected chi connectivity index (χ3v) is 1.86. The fourth-order valence-corrected chi connectivity index (χ4v) is 1.23. The van der Waals surface area contributed by atoms with Crippen molar-refractivity contribution in [3.8, 4) is 0 Å². The topological polar surface area (TPSA) is 26.0 Å². The van der Waals surface area contributed by atoms with Crippen molar-refractivity contribution in [1.82, 2.24) is 4.98 Å². The van der Waals surface area contributed by atoms with Crippen LogP contribution in [0.1, 0.15) is 5.56 Å². The second kappa shape index (κ2) is 3.78. The molecule has 4 heteroatoms. The summed E-state index contributed by atoms with van der Waals surface area (Å²) in [5, 5.41) is 1.00. The van der Waals surface area contributed by atoms with Crippen LogP contribution in [0.3, 0.4) is 0 Å². The van der Waals surface area contributed by atoms with E-state index in [0.717, 1.165) is 10.9 Å². The van der Waals surface area contributed by atoms with Crippen molar-refractivity contribution in [2.45, 2.75) is 5.88 Å². The highest BCUT2D eigenvalue weighted by Gasteiger charge is 2.02. The molecule has 0 aliphatic rings. The smallest absolute Gasteiger partial charge is 0.226 e. The molecule has 0 radical (unpaired) electrons. The minimum Gasteiger partial charge on any atom is -0.446 e. The van der Waals surface area contributed by atoms with Gasteiger partial charge in [0.1, 0.15) is 0 Å². The van der Waals surface area contributed by atoms with Crippen molar-refractivity contribution >= 4 is 35.1 Å². The largest absolute Gasteiger partial charge is 0.446 e. The molecule has 2 nitrogen and oxygen atoms in total. The Morgan fingerprint density at radius 1 is 1.50 bits per heavy atom. The van der Waals surface area contributed by atoms with E-state index in [0.29, 0.717) is 11.6 Å². The SMILES string of the molecule is Cl.ClCc1coc2ncccc12. The van der Waals surface area contributed by atoms with Crippen LogP contribution >= 0.6 is 24.0 Å². The van der Waals surface area contributed by atoms with Crippen LogP contribution in [0.15, 0.2) is 29.0 Å². The van der Waals surface area contributed by atoms with Gasteiger partial charge in [0.2, 0.25) is 5.71 Å². The monoisotopic (exact) mass is 203 g/mol. The van der Waals surface area contributed by atoms with Gasteiger partial charge in [0.15, 0.2) is 0 Å². The zero-order valence-electron chi connectivity index (χ0n) is 6.16. The van der Waals surface area contributed by atoms with E-state index in [-0.39, 0.29) is 12.4 Å². The van der Waals surface area contributed by atoms with Gasteiger partial charge in [-0.25, -0.2) is 4.98 Å². The summed E-state index contributed by atoms with van der Waals surface area (Å²) in [5.41, 5.74) is 1.65. The molecule has 0 N–H and O–H groups in total. The van der Waals surface area contributed by atoms with Crippen molar-refractivity contribution in [3.05, 3.63) is 30.2 Å². The highest BCUT2D eigenvalue weighted by Crippen LogP contribution is 2.19. The van der Waals surface area contributed by atoms with Crippen molar-refractivity contribution < 1.29 is 4.42 Å². The van der Waals surface area contributed by atoms with E-state index >= 15 is 0 Å². The summed E-state index contributed by atoms with van der Waals surface area (Å²) in [4.78, 5) is 4.02. The molecule has 0 aromatic carbocycles. The Morgan fingerprint density at radius 3 is 3.08 bits per heavy atom. The Hall–Kier alpha value is -0.730. The summed E-state index contributed by atoms with van der Waals surface area (Å²) in [6.07, 6.45) is 3.34. The Kier molecular flexibility index (Phi) is 2.95. The summed E-state index contributed by atoms with van der Waals surface area (Å²) in [6.45, 7) is 0.